The number of allylic oxidation sites excluding steroid dienone is 2. The third-order valence-corrected chi connectivity index (χ3v) is 11.0. The highest BCUT2D eigenvalue weighted by Crippen LogP contribution is 2.43. The van der Waals surface area contributed by atoms with Crippen LogP contribution in [-0.2, 0) is 0 Å². The van der Waals surface area contributed by atoms with Crippen molar-refractivity contribution < 1.29 is 0 Å². The van der Waals surface area contributed by atoms with Crippen LogP contribution in [0.5, 0.6) is 0 Å². The van der Waals surface area contributed by atoms with E-state index in [9.17, 15) is 5.41 Å². The molecule has 218 valence electrons. The van der Waals surface area contributed by atoms with Gasteiger partial charge in [0.15, 0.2) is 0 Å². The summed E-state index contributed by atoms with van der Waals surface area (Å²) < 4.78 is 5.05. The van der Waals surface area contributed by atoms with Crippen molar-refractivity contribution >= 4 is 91.9 Å². The molecule has 0 bridgehead atoms. The maximum atomic E-state index is 9.80. The lowest BCUT2D eigenvalue weighted by atomic mass is 9.99. The number of anilines is 3. The number of nitrogens with zero attached hydrogens (tertiary/aromatic N) is 1. The van der Waals surface area contributed by atoms with Crippen molar-refractivity contribution in [3.63, 3.8) is 0 Å². The molecule has 1 aliphatic heterocycles. The van der Waals surface area contributed by atoms with Gasteiger partial charge in [-0.1, -0.05) is 91.0 Å². The summed E-state index contributed by atoms with van der Waals surface area (Å²) in [4.78, 5) is 2.27. The Labute approximate surface area is 274 Å². The van der Waals surface area contributed by atoms with Crippen LogP contribution in [0.25, 0.3) is 46.4 Å². The predicted molar refractivity (Wildman–Crippen MR) is 200 cm³/mol. The van der Waals surface area contributed by atoms with Crippen LogP contribution in [0.1, 0.15) is 11.1 Å². The lowest BCUT2D eigenvalue weighted by Crippen LogP contribution is -2.27. The topological polar surface area (TPSA) is 39.1 Å². The smallest absolute Gasteiger partial charge is 0.0955 e. The molecule has 46 heavy (non-hydrogen) atoms. The summed E-state index contributed by atoms with van der Waals surface area (Å²) in [6.45, 7) is 0. The van der Waals surface area contributed by atoms with Gasteiger partial charge in [-0.2, -0.15) is 0 Å². The highest BCUT2D eigenvalue weighted by Gasteiger charge is 2.26. The average Bonchev–Trinajstić information content (AvgIpc) is 3.68. The molecule has 0 amide bonds. The van der Waals surface area contributed by atoms with E-state index in [2.05, 4.69) is 125 Å². The van der Waals surface area contributed by atoms with Crippen LogP contribution >= 0.6 is 22.7 Å². The van der Waals surface area contributed by atoms with Gasteiger partial charge in [-0.05, 0) is 66.2 Å². The highest BCUT2D eigenvalue weighted by atomic mass is 32.1. The zero-order valence-electron chi connectivity index (χ0n) is 24.7. The van der Waals surface area contributed by atoms with Crippen molar-refractivity contribution in [2.45, 2.75) is 0 Å². The molecule has 3 heterocycles. The number of thiophene rings is 2. The molecule has 0 fully saturated rings. The molecule has 0 aliphatic carbocycles. The van der Waals surface area contributed by atoms with E-state index in [1.54, 1.807) is 0 Å². The molecule has 0 atom stereocenters. The number of hydrogen-bond donors (Lipinski definition) is 2. The lowest BCUT2D eigenvalue weighted by Gasteiger charge is -2.32. The van der Waals surface area contributed by atoms with Gasteiger partial charge in [0.2, 0.25) is 0 Å². The standard InChI is InChI=1S/C41H27N3S2/c42-40(27-11-2-1-3-12-27)41(35-21-18-26-10-4-7-15-34(26)43-35)44(28-19-22-38-32(24-28)30-13-5-8-16-36(30)45-38)29-20-23-39-33(25-29)31-14-6-9-17-37(31)46-39/h1-25,42-43H/b41-35+,42-40?. The summed E-state index contributed by atoms with van der Waals surface area (Å²) in [5.41, 5.74) is 7.12. The Morgan fingerprint density at radius 3 is 1.72 bits per heavy atom. The monoisotopic (exact) mass is 625 g/mol. The van der Waals surface area contributed by atoms with Crippen molar-refractivity contribution in [2.24, 2.45) is 0 Å². The van der Waals surface area contributed by atoms with Crippen molar-refractivity contribution in [1.82, 2.24) is 0 Å². The Bertz CT molecular complexity index is 2420. The van der Waals surface area contributed by atoms with Crippen LogP contribution in [-0.4, -0.2) is 5.71 Å². The van der Waals surface area contributed by atoms with E-state index in [-0.39, 0.29) is 0 Å². The average molecular weight is 626 g/mol. The second kappa shape index (κ2) is 10.8. The van der Waals surface area contributed by atoms with Crippen LogP contribution < -0.4 is 10.2 Å². The first kappa shape index (κ1) is 26.9. The Morgan fingerprint density at radius 2 is 1.07 bits per heavy atom. The third-order valence-electron chi connectivity index (χ3n) is 8.67. The summed E-state index contributed by atoms with van der Waals surface area (Å²) >= 11 is 3.64. The van der Waals surface area contributed by atoms with E-state index >= 15 is 0 Å². The normalized spacial score (nSPS) is 13.7. The Hall–Kier alpha value is -5.49. The number of rotatable bonds is 5. The van der Waals surface area contributed by atoms with Crippen LogP contribution in [0.2, 0.25) is 0 Å². The number of para-hydroxylation sites is 1. The second-order valence-corrected chi connectivity index (χ2v) is 13.6. The van der Waals surface area contributed by atoms with Gasteiger partial charge in [0, 0.05) is 63.0 Å². The largest absolute Gasteiger partial charge is 0.353 e. The quantitative estimate of drug-likeness (QED) is 0.187. The fourth-order valence-corrected chi connectivity index (χ4v) is 8.65. The van der Waals surface area contributed by atoms with E-state index < -0.39 is 0 Å². The maximum Gasteiger partial charge on any atom is 0.0955 e. The van der Waals surface area contributed by atoms with E-state index in [0.717, 1.165) is 39.6 Å². The Morgan fingerprint density at radius 1 is 0.522 bits per heavy atom. The highest BCUT2D eigenvalue weighted by molar-refractivity contribution is 7.26. The molecule has 9 rings (SSSR count). The predicted octanol–water partition coefficient (Wildman–Crippen LogP) is 12.0. The van der Waals surface area contributed by atoms with Gasteiger partial charge in [-0.3, -0.25) is 5.41 Å². The molecule has 8 aromatic rings. The zero-order chi connectivity index (χ0) is 30.6. The minimum absolute atomic E-state index is 0.442. The maximum absolute atomic E-state index is 9.80. The minimum Gasteiger partial charge on any atom is -0.353 e. The summed E-state index contributed by atoms with van der Waals surface area (Å²) in [5.74, 6) is 0. The minimum atomic E-state index is 0.442. The van der Waals surface area contributed by atoms with Crippen molar-refractivity contribution in [3.05, 3.63) is 168 Å². The third kappa shape index (κ3) is 4.44. The van der Waals surface area contributed by atoms with Crippen LogP contribution in [0.4, 0.5) is 17.1 Å². The lowest BCUT2D eigenvalue weighted by molar-refractivity contribution is 1.19. The SMILES string of the molecule is N=C(/C(=C1/C=Cc2ccccc2N1)N(c1ccc2sc3ccccc3c2c1)c1ccc2sc3ccccc3c2c1)c1ccccc1. The molecule has 0 spiro atoms. The molecular weight excluding hydrogens is 599 g/mol. The molecule has 0 radical (unpaired) electrons. The summed E-state index contributed by atoms with van der Waals surface area (Å²) in [6, 6.07) is 49.1. The molecule has 0 unspecified atom stereocenters. The summed E-state index contributed by atoms with van der Waals surface area (Å²) in [5, 5.41) is 18.4. The molecule has 3 nitrogen and oxygen atoms in total. The second-order valence-electron chi connectivity index (χ2n) is 11.4. The number of hydrogen-bond acceptors (Lipinski definition) is 5. The van der Waals surface area contributed by atoms with Gasteiger partial charge in [0.05, 0.1) is 17.1 Å². The number of nitrogens with one attached hydrogen (secondary N) is 2. The van der Waals surface area contributed by atoms with Gasteiger partial charge in [-0.15, -0.1) is 22.7 Å². The number of benzene rings is 6. The van der Waals surface area contributed by atoms with Gasteiger partial charge in [0.1, 0.15) is 0 Å². The molecule has 1 aliphatic rings. The fourth-order valence-electron chi connectivity index (χ4n) is 6.48. The molecule has 0 saturated heterocycles. The van der Waals surface area contributed by atoms with E-state index in [0.29, 0.717) is 5.71 Å². The molecule has 6 aromatic carbocycles. The first-order valence-electron chi connectivity index (χ1n) is 15.3. The molecule has 0 saturated carbocycles. The van der Waals surface area contributed by atoms with Crippen molar-refractivity contribution in [2.75, 3.05) is 10.2 Å². The molecular formula is C41H27N3S2. The van der Waals surface area contributed by atoms with Gasteiger partial charge >= 0.3 is 0 Å². The molecule has 2 N–H and O–H groups in total. The van der Waals surface area contributed by atoms with Crippen LogP contribution in [0, 0.1) is 5.41 Å². The Balaban J connectivity index is 1.34. The summed E-state index contributed by atoms with van der Waals surface area (Å²) in [6.07, 6.45) is 4.25. The molecule has 2 aromatic heterocycles. The van der Waals surface area contributed by atoms with Crippen molar-refractivity contribution in [3.8, 4) is 0 Å². The van der Waals surface area contributed by atoms with E-state index in [1.165, 1.54) is 40.3 Å². The van der Waals surface area contributed by atoms with Crippen LogP contribution in [0.15, 0.2) is 157 Å². The number of fused-ring (bicyclic) bond motifs is 7. The van der Waals surface area contributed by atoms with Gasteiger partial charge < -0.3 is 10.2 Å². The summed E-state index contributed by atoms with van der Waals surface area (Å²) in [7, 11) is 0. The molecule has 5 heteroatoms. The van der Waals surface area contributed by atoms with E-state index in [1.807, 2.05) is 59.1 Å². The van der Waals surface area contributed by atoms with Crippen molar-refractivity contribution in [1.29, 1.82) is 5.41 Å². The first-order chi connectivity index (χ1) is 22.7. The Kier molecular flexibility index (Phi) is 6.33. The van der Waals surface area contributed by atoms with Gasteiger partial charge in [-0.25, -0.2) is 0 Å². The van der Waals surface area contributed by atoms with Gasteiger partial charge in [0.25, 0.3) is 0 Å². The first-order valence-corrected chi connectivity index (χ1v) is 16.9. The zero-order valence-corrected chi connectivity index (χ0v) is 26.3. The van der Waals surface area contributed by atoms with Crippen LogP contribution in [0.3, 0.4) is 0 Å². The van der Waals surface area contributed by atoms with E-state index in [4.69, 9.17) is 0 Å². The fraction of sp³-hybridized carbons (Fsp3) is 0.